The summed E-state index contributed by atoms with van der Waals surface area (Å²) in [4.78, 5) is 20.9. The Morgan fingerprint density at radius 2 is 2.00 bits per heavy atom. The number of nitrogen functional groups attached to an aromatic ring is 1. The van der Waals surface area contributed by atoms with E-state index in [0.717, 1.165) is 34.2 Å². The first-order chi connectivity index (χ1) is 14.7. The van der Waals surface area contributed by atoms with Crippen molar-refractivity contribution >= 4 is 38.5 Å². The Hall–Kier alpha value is -3.72. The predicted molar refractivity (Wildman–Crippen MR) is 118 cm³/mol. The van der Waals surface area contributed by atoms with Gasteiger partial charge < -0.3 is 10.7 Å². The minimum absolute atomic E-state index is 0.223. The quantitative estimate of drug-likeness (QED) is 0.477. The maximum Gasteiger partial charge on any atom is 0.194 e. The summed E-state index contributed by atoms with van der Waals surface area (Å²) in [5, 5.41) is 4.32. The molecule has 0 aliphatic heterocycles. The average molecular weight is 433 g/mol. The lowest BCUT2D eigenvalue weighted by molar-refractivity contribution is 0.103. The van der Waals surface area contributed by atoms with Crippen LogP contribution < -0.4 is 5.73 Å². The van der Waals surface area contributed by atoms with Gasteiger partial charge >= 0.3 is 0 Å². The van der Waals surface area contributed by atoms with Crippen LogP contribution in [0.4, 0.5) is 5.82 Å². The summed E-state index contributed by atoms with van der Waals surface area (Å²) < 4.78 is 25.1. The number of nitrogens with one attached hydrogen (secondary N) is 1. The molecule has 1 aliphatic rings. The lowest BCUT2D eigenvalue weighted by Gasteiger charge is -2.06. The molecule has 0 bridgehead atoms. The van der Waals surface area contributed by atoms with Crippen molar-refractivity contribution in [3.05, 3.63) is 70.7 Å². The third-order valence-corrected chi connectivity index (χ3v) is 6.54. The van der Waals surface area contributed by atoms with Gasteiger partial charge in [0.25, 0.3) is 0 Å². The maximum atomic E-state index is 13.1. The minimum Gasteiger partial charge on any atom is -0.383 e. The molecule has 2 heterocycles. The fourth-order valence-electron chi connectivity index (χ4n) is 3.86. The van der Waals surface area contributed by atoms with E-state index in [4.69, 9.17) is 5.73 Å². The first-order valence-electron chi connectivity index (χ1n) is 9.59. The molecule has 5 rings (SSSR count). The molecule has 0 spiro atoms. The van der Waals surface area contributed by atoms with Crippen molar-refractivity contribution in [3.63, 3.8) is 0 Å². The summed E-state index contributed by atoms with van der Waals surface area (Å²) in [6.07, 6.45) is 4.77. The van der Waals surface area contributed by atoms with Gasteiger partial charge in [-0.05, 0) is 54.5 Å². The number of imidazole rings is 1. The number of rotatable bonds is 4. The average Bonchev–Trinajstić information content (AvgIpc) is 3.40. The SMILES string of the molecule is Cc1nc2ccc(-n3ncc(C(=O)C4=Cc5cc(S(C)(=O)=O)ccc5C4)c3N)cc2[nH]1. The normalized spacial score (nSPS) is 13.4. The van der Waals surface area contributed by atoms with Crippen molar-refractivity contribution in [2.45, 2.75) is 18.2 Å². The van der Waals surface area contributed by atoms with Crippen molar-refractivity contribution in [2.24, 2.45) is 0 Å². The van der Waals surface area contributed by atoms with E-state index >= 15 is 0 Å². The van der Waals surface area contributed by atoms with Gasteiger partial charge in [-0.15, -0.1) is 0 Å². The van der Waals surface area contributed by atoms with Gasteiger partial charge in [-0.25, -0.2) is 18.1 Å². The van der Waals surface area contributed by atoms with Crippen LogP contribution in [0.2, 0.25) is 0 Å². The summed E-state index contributed by atoms with van der Waals surface area (Å²) in [5.74, 6) is 0.830. The molecule has 3 N–H and O–H groups in total. The first kappa shape index (κ1) is 19.3. The van der Waals surface area contributed by atoms with Gasteiger partial charge in [0, 0.05) is 18.2 Å². The molecule has 0 atom stereocenters. The third-order valence-electron chi connectivity index (χ3n) is 5.43. The van der Waals surface area contributed by atoms with Gasteiger partial charge in [-0.3, -0.25) is 4.79 Å². The van der Waals surface area contributed by atoms with Gasteiger partial charge in [-0.2, -0.15) is 5.10 Å². The molecule has 0 amide bonds. The molecule has 4 aromatic rings. The maximum absolute atomic E-state index is 13.1. The van der Waals surface area contributed by atoms with Crippen molar-refractivity contribution < 1.29 is 13.2 Å². The van der Waals surface area contributed by atoms with E-state index in [9.17, 15) is 13.2 Å². The molecular formula is C22H19N5O3S. The lowest BCUT2D eigenvalue weighted by atomic mass is 10.0. The molecule has 1 aliphatic carbocycles. The predicted octanol–water partition coefficient (Wildman–Crippen LogP) is 2.87. The molecular weight excluding hydrogens is 414 g/mol. The number of aryl methyl sites for hydroxylation is 1. The third kappa shape index (κ3) is 3.23. The highest BCUT2D eigenvalue weighted by molar-refractivity contribution is 7.90. The van der Waals surface area contributed by atoms with Crippen molar-refractivity contribution in [1.29, 1.82) is 0 Å². The molecule has 156 valence electrons. The number of hydrogen-bond acceptors (Lipinski definition) is 6. The van der Waals surface area contributed by atoms with Crippen LogP contribution in [0.15, 0.2) is 53.1 Å². The van der Waals surface area contributed by atoms with Crippen LogP contribution in [0.1, 0.15) is 27.3 Å². The number of aromatic amines is 1. The Bertz CT molecular complexity index is 1530. The molecule has 0 fully saturated rings. The smallest absolute Gasteiger partial charge is 0.194 e. The fourth-order valence-corrected chi connectivity index (χ4v) is 4.51. The molecule has 31 heavy (non-hydrogen) atoms. The van der Waals surface area contributed by atoms with Crippen LogP contribution in [0.25, 0.3) is 22.8 Å². The second-order valence-corrected chi connectivity index (χ2v) is 9.70. The van der Waals surface area contributed by atoms with Crippen LogP contribution in [0.5, 0.6) is 0 Å². The van der Waals surface area contributed by atoms with Gasteiger partial charge in [0.2, 0.25) is 0 Å². The monoisotopic (exact) mass is 433 g/mol. The molecule has 0 radical (unpaired) electrons. The number of carbonyl (C=O) groups is 1. The number of hydrogen-bond donors (Lipinski definition) is 2. The number of nitrogens with two attached hydrogens (primary N) is 1. The van der Waals surface area contributed by atoms with E-state index in [2.05, 4.69) is 15.1 Å². The van der Waals surface area contributed by atoms with E-state index in [-0.39, 0.29) is 16.5 Å². The van der Waals surface area contributed by atoms with E-state index in [1.54, 1.807) is 24.3 Å². The van der Waals surface area contributed by atoms with Gasteiger partial charge in [-0.1, -0.05) is 6.07 Å². The number of ketones is 1. The molecule has 9 heteroatoms. The largest absolute Gasteiger partial charge is 0.383 e. The Balaban J connectivity index is 1.48. The first-order valence-corrected chi connectivity index (χ1v) is 11.5. The second kappa shape index (κ2) is 6.64. The van der Waals surface area contributed by atoms with Gasteiger partial charge in [0.15, 0.2) is 15.6 Å². The number of Topliss-reactive ketones (excluding diaryl/α,β-unsaturated/α-hetero) is 1. The van der Waals surface area contributed by atoms with E-state index in [1.807, 2.05) is 25.1 Å². The lowest BCUT2D eigenvalue weighted by Crippen LogP contribution is -2.08. The summed E-state index contributed by atoms with van der Waals surface area (Å²) in [6, 6.07) is 10.5. The van der Waals surface area contributed by atoms with Crippen LogP contribution in [0.3, 0.4) is 0 Å². The van der Waals surface area contributed by atoms with Crippen LogP contribution in [0, 0.1) is 6.92 Å². The Kier molecular flexibility index (Phi) is 4.13. The fraction of sp³-hybridized carbons (Fsp3) is 0.136. The van der Waals surface area contributed by atoms with Gasteiger partial charge in [0.05, 0.1) is 33.4 Å². The Labute approximate surface area is 178 Å². The molecule has 0 saturated heterocycles. The van der Waals surface area contributed by atoms with Crippen molar-refractivity contribution in [1.82, 2.24) is 19.7 Å². The molecule has 0 saturated carbocycles. The highest BCUT2D eigenvalue weighted by Gasteiger charge is 2.25. The minimum atomic E-state index is -3.32. The van der Waals surface area contributed by atoms with Crippen LogP contribution in [-0.2, 0) is 16.3 Å². The standard InChI is InChI=1S/C22H19N5O3S/c1-12-25-19-6-4-16(10-20(19)26-12)27-22(23)18(11-24-27)21(28)15-7-13-3-5-17(31(2,29)30)9-14(13)8-15/h3-6,8-11H,7,23H2,1-2H3,(H,25,26). The zero-order valence-corrected chi connectivity index (χ0v) is 17.7. The Morgan fingerprint density at radius 3 is 2.77 bits per heavy atom. The highest BCUT2D eigenvalue weighted by Crippen LogP contribution is 2.31. The van der Waals surface area contributed by atoms with Crippen molar-refractivity contribution in [2.75, 3.05) is 12.0 Å². The summed E-state index contributed by atoms with van der Waals surface area (Å²) >= 11 is 0. The number of sulfone groups is 1. The van der Waals surface area contributed by atoms with E-state index in [0.29, 0.717) is 23.2 Å². The summed E-state index contributed by atoms with van der Waals surface area (Å²) in [7, 11) is -3.32. The van der Waals surface area contributed by atoms with Crippen LogP contribution in [-0.4, -0.2) is 40.2 Å². The number of allylic oxidation sites excluding steroid dienone is 1. The molecule has 0 unspecified atom stereocenters. The summed E-state index contributed by atoms with van der Waals surface area (Å²) in [5.41, 5.74) is 11.2. The number of aromatic nitrogens is 4. The van der Waals surface area contributed by atoms with E-state index < -0.39 is 9.84 Å². The molecule has 2 aromatic heterocycles. The number of anilines is 1. The number of nitrogens with zero attached hydrogens (tertiary/aromatic N) is 3. The second-order valence-electron chi connectivity index (χ2n) is 7.69. The number of benzene rings is 2. The zero-order valence-electron chi connectivity index (χ0n) is 16.9. The highest BCUT2D eigenvalue weighted by atomic mass is 32.2. The topological polar surface area (TPSA) is 124 Å². The number of H-pyrrole nitrogens is 1. The Morgan fingerprint density at radius 1 is 1.19 bits per heavy atom. The van der Waals surface area contributed by atoms with Crippen LogP contribution >= 0.6 is 0 Å². The summed E-state index contributed by atoms with van der Waals surface area (Å²) in [6.45, 7) is 1.88. The number of fused-ring (bicyclic) bond motifs is 2. The molecule has 8 nitrogen and oxygen atoms in total. The van der Waals surface area contributed by atoms with Gasteiger partial charge in [0.1, 0.15) is 11.6 Å². The zero-order chi connectivity index (χ0) is 21.9. The molecule has 2 aromatic carbocycles. The number of carbonyl (C=O) groups excluding carboxylic acids is 1. The van der Waals surface area contributed by atoms with Crippen molar-refractivity contribution in [3.8, 4) is 5.69 Å². The van der Waals surface area contributed by atoms with E-state index in [1.165, 1.54) is 10.9 Å².